The minimum atomic E-state index is 0.393. The molecule has 2 aliphatic rings. The van der Waals surface area contributed by atoms with E-state index in [4.69, 9.17) is 0 Å². The van der Waals surface area contributed by atoms with Crippen LogP contribution in [0.4, 0.5) is 5.82 Å². The Bertz CT molecular complexity index is 720. The number of fused-ring (bicyclic) bond motifs is 1. The summed E-state index contributed by atoms with van der Waals surface area (Å²) in [5.41, 5.74) is 2.30. The van der Waals surface area contributed by atoms with Gasteiger partial charge < -0.3 is 14.6 Å². The quantitative estimate of drug-likeness (QED) is 0.525. The molecule has 0 aromatic carbocycles. The number of aryl methyl sites for hydroxylation is 1. The van der Waals surface area contributed by atoms with Crippen LogP contribution in [0.2, 0.25) is 0 Å². The second-order valence-corrected chi connectivity index (χ2v) is 7.81. The molecule has 8 nitrogen and oxygen atoms in total. The summed E-state index contributed by atoms with van der Waals surface area (Å²) in [6, 6.07) is 2.45. The normalized spacial score (nSPS) is 17.5. The first kappa shape index (κ1) is 20.6. The SMILES string of the molecule is CN(CCN(CC=O)C1CN(C)C1)Cc1cc2c(nc1C=O)N(C=O)CCC2. The van der Waals surface area contributed by atoms with Crippen molar-refractivity contribution >= 4 is 24.8 Å². The second kappa shape index (κ2) is 9.36. The number of likely N-dealkylation sites (tertiary alicyclic amines) is 1. The smallest absolute Gasteiger partial charge is 0.215 e. The molecule has 3 rings (SSSR count). The Morgan fingerprint density at radius 1 is 1.25 bits per heavy atom. The van der Waals surface area contributed by atoms with Gasteiger partial charge in [-0.2, -0.15) is 0 Å². The average molecular weight is 387 g/mol. The molecule has 0 aliphatic carbocycles. The third kappa shape index (κ3) is 4.63. The zero-order chi connectivity index (χ0) is 20.1. The number of hydrogen-bond acceptors (Lipinski definition) is 7. The Hall–Kier alpha value is -2.16. The maximum Gasteiger partial charge on any atom is 0.215 e. The monoisotopic (exact) mass is 387 g/mol. The van der Waals surface area contributed by atoms with E-state index in [0.29, 0.717) is 37.2 Å². The first-order valence-electron chi connectivity index (χ1n) is 9.80. The van der Waals surface area contributed by atoms with E-state index < -0.39 is 0 Å². The van der Waals surface area contributed by atoms with Crippen molar-refractivity contribution in [3.63, 3.8) is 0 Å². The van der Waals surface area contributed by atoms with E-state index >= 15 is 0 Å². The van der Waals surface area contributed by atoms with Crippen molar-refractivity contribution in [2.75, 3.05) is 58.3 Å². The lowest BCUT2D eigenvalue weighted by Crippen LogP contribution is -2.59. The Balaban J connectivity index is 1.64. The lowest BCUT2D eigenvalue weighted by Gasteiger charge is -2.43. The first-order valence-corrected chi connectivity index (χ1v) is 9.80. The van der Waals surface area contributed by atoms with Gasteiger partial charge in [-0.3, -0.25) is 19.4 Å². The van der Waals surface area contributed by atoms with Crippen LogP contribution >= 0.6 is 0 Å². The molecule has 0 radical (unpaired) electrons. The van der Waals surface area contributed by atoms with Crippen LogP contribution in [0.3, 0.4) is 0 Å². The van der Waals surface area contributed by atoms with Crippen LogP contribution in [-0.2, 0) is 22.6 Å². The number of anilines is 1. The van der Waals surface area contributed by atoms with Gasteiger partial charge >= 0.3 is 0 Å². The molecule has 28 heavy (non-hydrogen) atoms. The molecule has 1 fully saturated rings. The van der Waals surface area contributed by atoms with Gasteiger partial charge in [-0.25, -0.2) is 4.98 Å². The number of nitrogens with zero attached hydrogens (tertiary/aromatic N) is 5. The van der Waals surface area contributed by atoms with Crippen molar-refractivity contribution in [3.8, 4) is 0 Å². The zero-order valence-corrected chi connectivity index (χ0v) is 16.7. The fraction of sp³-hybridized carbons (Fsp3) is 0.600. The number of likely N-dealkylation sites (N-methyl/N-ethyl adjacent to an activating group) is 2. The third-order valence-corrected chi connectivity index (χ3v) is 5.63. The van der Waals surface area contributed by atoms with E-state index in [0.717, 1.165) is 69.1 Å². The molecule has 0 bridgehead atoms. The van der Waals surface area contributed by atoms with E-state index in [1.807, 2.05) is 13.1 Å². The molecule has 3 heterocycles. The molecule has 0 saturated carbocycles. The predicted molar refractivity (Wildman–Crippen MR) is 107 cm³/mol. The summed E-state index contributed by atoms with van der Waals surface area (Å²) >= 11 is 0. The van der Waals surface area contributed by atoms with Crippen LogP contribution in [0.25, 0.3) is 0 Å². The van der Waals surface area contributed by atoms with Crippen LogP contribution in [0, 0.1) is 0 Å². The van der Waals surface area contributed by atoms with Gasteiger partial charge in [-0.05, 0) is 44.1 Å². The van der Waals surface area contributed by atoms with Crippen molar-refractivity contribution in [2.24, 2.45) is 0 Å². The van der Waals surface area contributed by atoms with Gasteiger partial charge in [0, 0.05) is 45.3 Å². The van der Waals surface area contributed by atoms with Gasteiger partial charge in [0.15, 0.2) is 6.29 Å². The highest BCUT2D eigenvalue weighted by Gasteiger charge is 2.29. The van der Waals surface area contributed by atoms with E-state index in [1.54, 1.807) is 4.90 Å². The second-order valence-electron chi connectivity index (χ2n) is 7.81. The zero-order valence-electron chi connectivity index (χ0n) is 16.7. The van der Waals surface area contributed by atoms with Crippen molar-refractivity contribution in [1.82, 2.24) is 19.7 Å². The number of hydrogen-bond donors (Lipinski definition) is 0. The molecule has 1 aromatic heterocycles. The molecular weight excluding hydrogens is 358 g/mol. The largest absolute Gasteiger partial charge is 0.303 e. The Kier molecular flexibility index (Phi) is 6.88. The molecule has 2 aliphatic heterocycles. The average Bonchev–Trinajstić information content (AvgIpc) is 2.67. The highest BCUT2D eigenvalue weighted by molar-refractivity contribution is 5.80. The van der Waals surface area contributed by atoms with Gasteiger partial charge in [0.25, 0.3) is 0 Å². The molecule has 152 valence electrons. The van der Waals surface area contributed by atoms with Crippen LogP contribution < -0.4 is 4.90 Å². The van der Waals surface area contributed by atoms with Crippen LogP contribution in [0.5, 0.6) is 0 Å². The Morgan fingerprint density at radius 3 is 2.68 bits per heavy atom. The summed E-state index contributed by atoms with van der Waals surface area (Å²) in [5, 5.41) is 0. The highest BCUT2D eigenvalue weighted by Crippen LogP contribution is 2.26. The first-order chi connectivity index (χ1) is 13.5. The number of pyridine rings is 1. The maximum atomic E-state index is 11.6. The summed E-state index contributed by atoms with van der Waals surface area (Å²) in [5.74, 6) is 0.612. The van der Waals surface area contributed by atoms with E-state index in [1.165, 1.54) is 0 Å². The molecule has 1 saturated heterocycles. The van der Waals surface area contributed by atoms with Gasteiger partial charge in [0.1, 0.15) is 17.8 Å². The van der Waals surface area contributed by atoms with Gasteiger partial charge in [0.05, 0.1) is 6.54 Å². The summed E-state index contributed by atoms with van der Waals surface area (Å²) in [7, 11) is 4.09. The van der Waals surface area contributed by atoms with Gasteiger partial charge in [-0.15, -0.1) is 0 Å². The topological polar surface area (TPSA) is 77.1 Å². The molecule has 1 aromatic rings. The predicted octanol–water partition coefficient (Wildman–Crippen LogP) is 0.0498. The minimum Gasteiger partial charge on any atom is -0.303 e. The third-order valence-electron chi connectivity index (χ3n) is 5.63. The number of aromatic nitrogens is 1. The molecule has 0 unspecified atom stereocenters. The number of aldehydes is 2. The van der Waals surface area contributed by atoms with Crippen LogP contribution in [0.1, 0.15) is 28.0 Å². The van der Waals surface area contributed by atoms with Crippen molar-refractivity contribution in [3.05, 3.63) is 22.9 Å². The van der Waals surface area contributed by atoms with Crippen molar-refractivity contribution in [2.45, 2.75) is 25.4 Å². The Labute approximate surface area is 166 Å². The number of carbonyl (C=O) groups excluding carboxylic acids is 3. The van der Waals surface area contributed by atoms with Crippen LogP contribution in [-0.4, -0.2) is 98.1 Å². The molecule has 8 heteroatoms. The number of amides is 1. The van der Waals surface area contributed by atoms with E-state index in [9.17, 15) is 14.4 Å². The molecule has 0 N–H and O–H groups in total. The summed E-state index contributed by atoms with van der Waals surface area (Å²) in [6.07, 6.45) is 4.29. The lowest BCUT2D eigenvalue weighted by atomic mass is 10.0. The number of carbonyl (C=O) groups is 3. The van der Waals surface area contributed by atoms with Crippen molar-refractivity contribution in [1.29, 1.82) is 0 Å². The van der Waals surface area contributed by atoms with E-state index in [2.05, 4.69) is 26.7 Å². The van der Waals surface area contributed by atoms with Crippen LogP contribution in [0.15, 0.2) is 6.07 Å². The van der Waals surface area contributed by atoms with Gasteiger partial charge in [-0.1, -0.05) is 0 Å². The summed E-state index contributed by atoms with van der Waals surface area (Å²) in [4.78, 5) is 46.5. The lowest BCUT2D eigenvalue weighted by molar-refractivity contribution is -0.110. The number of rotatable bonds is 10. The molecule has 0 spiro atoms. The standard InChI is InChI=1S/C20H29N5O3/c1-22(6-7-24(8-9-26)18-12-23(2)13-18)11-17-10-16-4-3-5-25(15-28)20(16)21-19(17)14-27/h9-10,14-15,18H,3-8,11-13H2,1-2H3. The molecule has 0 atom stereocenters. The summed E-state index contributed by atoms with van der Waals surface area (Å²) in [6.45, 7) is 5.29. The fourth-order valence-electron chi connectivity index (χ4n) is 4.00. The fourth-order valence-corrected chi connectivity index (χ4v) is 4.00. The molecule has 1 amide bonds. The molecular formula is C20H29N5O3. The van der Waals surface area contributed by atoms with Gasteiger partial charge in [0.2, 0.25) is 6.41 Å². The summed E-state index contributed by atoms with van der Waals surface area (Å²) < 4.78 is 0. The van der Waals surface area contributed by atoms with E-state index in [-0.39, 0.29) is 0 Å². The maximum absolute atomic E-state index is 11.6. The highest BCUT2D eigenvalue weighted by atomic mass is 16.1. The minimum absolute atomic E-state index is 0.393. The van der Waals surface area contributed by atoms with Crippen molar-refractivity contribution < 1.29 is 14.4 Å². The Morgan fingerprint density at radius 2 is 2.04 bits per heavy atom.